The molecule has 24 heavy (non-hydrogen) atoms. The molecule has 0 amide bonds. The van der Waals surface area contributed by atoms with E-state index in [1.54, 1.807) is 0 Å². The molecule has 0 atom stereocenters. The lowest BCUT2D eigenvalue weighted by molar-refractivity contribution is 0.391. The summed E-state index contributed by atoms with van der Waals surface area (Å²) in [5, 5.41) is 12.8. The second-order valence-electron chi connectivity index (χ2n) is 6.49. The molecule has 3 rings (SSSR count). The van der Waals surface area contributed by atoms with E-state index in [1.807, 2.05) is 54.6 Å². The molecule has 0 heterocycles. The molecular weight excluding hydrogens is 296 g/mol. The Labute approximate surface area is 142 Å². The monoisotopic (exact) mass is 320 g/mol. The standard InChI is InChI=1S/C21H24N2O/c1-2-12-21(22,23)14-19-17-11-7-6-10-16(17)18(13-20(19)24)15-8-4-3-5-9-15/h3-11,13,24H,2,12,14,22-23H2,1H3. The van der Waals surface area contributed by atoms with Gasteiger partial charge in [0.15, 0.2) is 0 Å². The summed E-state index contributed by atoms with van der Waals surface area (Å²) in [4.78, 5) is 0. The molecule has 3 nitrogen and oxygen atoms in total. The fraction of sp³-hybridized carbons (Fsp3) is 0.238. The number of rotatable bonds is 5. The van der Waals surface area contributed by atoms with Crippen LogP contribution in [-0.4, -0.2) is 10.8 Å². The van der Waals surface area contributed by atoms with Crippen LogP contribution in [0.1, 0.15) is 25.3 Å². The molecule has 5 N–H and O–H groups in total. The van der Waals surface area contributed by atoms with E-state index in [0.29, 0.717) is 12.8 Å². The molecule has 0 aromatic heterocycles. The van der Waals surface area contributed by atoms with Crippen LogP contribution in [0.4, 0.5) is 0 Å². The van der Waals surface area contributed by atoms with Gasteiger partial charge in [0.05, 0.1) is 5.66 Å². The number of nitrogens with two attached hydrogens (primary N) is 2. The number of aromatic hydroxyl groups is 1. The lowest BCUT2D eigenvalue weighted by Gasteiger charge is -2.26. The number of hydrogen-bond donors (Lipinski definition) is 3. The molecule has 124 valence electrons. The van der Waals surface area contributed by atoms with Gasteiger partial charge in [0.2, 0.25) is 0 Å². The molecule has 3 aromatic rings. The summed E-state index contributed by atoms with van der Waals surface area (Å²) in [7, 11) is 0. The van der Waals surface area contributed by atoms with Crippen molar-refractivity contribution in [1.82, 2.24) is 0 Å². The van der Waals surface area contributed by atoms with Crippen molar-refractivity contribution in [2.24, 2.45) is 11.5 Å². The summed E-state index contributed by atoms with van der Waals surface area (Å²) in [5.41, 5.74) is 14.6. The largest absolute Gasteiger partial charge is 0.508 e. The summed E-state index contributed by atoms with van der Waals surface area (Å²) in [6, 6.07) is 20.0. The van der Waals surface area contributed by atoms with Crippen molar-refractivity contribution in [3.8, 4) is 16.9 Å². The number of phenolic OH excluding ortho intramolecular Hbond substituents is 1. The molecule has 0 saturated heterocycles. The minimum atomic E-state index is -0.816. The van der Waals surface area contributed by atoms with Crippen LogP contribution in [-0.2, 0) is 6.42 Å². The maximum absolute atomic E-state index is 10.7. The first-order valence-corrected chi connectivity index (χ1v) is 8.38. The number of phenols is 1. The molecule has 0 saturated carbocycles. The van der Waals surface area contributed by atoms with Gasteiger partial charge in [-0.3, -0.25) is 0 Å². The van der Waals surface area contributed by atoms with E-state index in [4.69, 9.17) is 11.5 Å². The van der Waals surface area contributed by atoms with Gasteiger partial charge in [0.25, 0.3) is 0 Å². The summed E-state index contributed by atoms with van der Waals surface area (Å²) in [6.07, 6.45) is 2.07. The normalized spacial score (nSPS) is 11.8. The number of hydrogen-bond acceptors (Lipinski definition) is 3. The number of benzene rings is 3. The first kappa shape index (κ1) is 16.5. The fourth-order valence-electron chi connectivity index (χ4n) is 3.35. The highest BCUT2D eigenvalue weighted by atomic mass is 16.3. The minimum Gasteiger partial charge on any atom is -0.508 e. The lowest BCUT2D eigenvalue weighted by Crippen LogP contribution is -2.51. The summed E-state index contributed by atoms with van der Waals surface area (Å²) in [6.45, 7) is 2.06. The first-order valence-electron chi connectivity index (χ1n) is 8.38. The van der Waals surface area contributed by atoms with Gasteiger partial charge in [-0.15, -0.1) is 0 Å². The highest BCUT2D eigenvalue weighted by molar-refractivity contribution is 6.00. The zero-order chi connectivity index (χ0) is 17.2. The maximum Gasteiger partial charge on any atom is 0.120 e. The SMILES string of the molecule is CCCC(N)(N)Cc1c(O)cc(-c2ccccc2)c2ccccc12. The Kier molecular flexibility index (Phi) is 4.56. The molecule has 0 aliphatic heterocycles. The van der Waals surface area contributed by atoms with Crippen molar-refractivity contribution in [1.29, 1.82) is 0 Å². The zero-order valence-electron chi connectivity index (χ0n) is 14.0. The van der Waals surface area contributed by atoms with Gasteiger partial charge in [-0.1, -0.05) is 67.9 Å². The quantitative estimate of drug-likeness (QED) is 0.618. The van der Waals surface area contributed by atoms with Gasteiger partial charge in [-0.2, -0.15) is 0 Å². The van der Waals surface area contributed by atoms with Crippen LogP contribution in [0.5, 0.6) is 5.75 Å². The number of fused-ring (bicyclic) bond motifs is 1. The van der Waals surface area contributed by atoms with Crippen LogP contribution in [0.15, 0.2) is 60.7 Å². The Bertz CT molecular complexity index is 841. The third-order valence-corrected chi connectivity index (χ3v) is 4.44. The highest BCUT2D eigenvalue weighted by Gasteiger charge is 2.23. The average molecular weight is 320 g/mol. The predicted molar refractivity (Wildman–Crippen MR) is 101 cm³/mol. The molecule has 3 aromatic carbocycles. The second-order valence-corrected chi connectivity index (χ2v) is 6.49. The van der Waals surface area contributed by atoms with Gasteiger partial charge in [0.1, 0.15) is 5.75 Å². The lowest BCUT2D eigenvalue weighted by atomic mass is 9.89. The van der Waals surface area contributed by atoms with Gasteiger partial charge >= 0.3 is 0 Å². The predicted octanol–water partition coefficient (Wildman–Crippen LogP) is 4.17. The zero-order valence-corrected chi connectivity index (χ0v) is 14.0. The molecule has 0 unspecified atom stereocenters. The Morgan fingerprint density at radius 2 is 1.54 bits per heavy atom. The third kappa shape index (κ3) is 3.28. The van der Waals surface area contributed by atoms with Crippen LogP contribution in [0.2, 0.25) is 0 Å². The van der Waals surface area contributed by atoms with Crippen LogP contribution in [0, 0.1) is 0 Å². The van der Waals surface area contributed by atoms with Crippen molar-refractivity contribution < 1.29 is 5.11 Å². The van der Waals surface area contributed by atoms with E-state index in [1.165, 1.54) is 0 Å². The highest BCUT2D eigenvalue weighted by Crippen LogP contribution is 2.37. The van der Waals surface area contributed by atoms with E-state index in [-0.39, 0.29) is 5.75 Å². The summed E-state index contributed by atoms with van der Waals surface area (Å²) in [5.74, 6) is 0.254. The molecule has 0 spiro atoms. The van der Waals surface area contributed by atoms with E-state index >= 15 is 0 Å². The van der Waals surface area contributed by atoms with Crippen LogP contribution in [0.3, 0.4) is 0 Å². The van der Waals surface area contributed by atoms with E-state index < -0.39 is 5.66 Å². The molecule has 0 radical (unpaired) electrons. The van der Waals surface area contributed by atoms with Crippen molar-refractivity contribution in [2.75, 3.05) is 0 Å². The van der Waals surface area contributed by atoms with Gasteiger partial charge < -0.3 is 16.6 Å². The minimum absolute atomic E-state index is 0.254. The molecule has 3 heteroatoms. The molecule has 0 bridgehead atoms. The molecule has 0 aliphatic rings. The third-order valence-electron chi connectivity index (χ3n) is 4.44. The Balaban J connectivity index is 2.18. The van der Waals surface area contributed by atoms with E-state index in [9.17, 15) is 5.11 Å². The summed E-state index contributed by atoms with van der Waals surface area (Å²) < 4.78 is 0. The fourth-order valence-corrected chi connectivity index (χ4v) is 3.35. The van der Waals surface area contributed by atoms with Crippen molar-refractivity contribution in [2.45, 2.75) is 31.8 Å². The van der Waals surface area contributed by atoms with Gasteiger partial charge in [-0.25, -0.2) is 0 Å². The maximum atomic E-state index is 10.7. The van der Waals surface area contributed by atoms with Gasteiger partial charge in [0, 0.05) is 12.0 Å². The second kappa shape index (κ2) is 6.63. The molecule has 0 fully saturated rings. The van der Waals surface area contributed by atoms with Crippen molar-refractivity contribution >= 4 is 10.8 Å². The molecular formula is C21H24N2O. The Morgan fingerprint density at radius 3 is 2.21 bits per heavy atom. The van der Waals surface area contributed by atoms with Crippen LogP contribution >= 0.6 is 0 Å². The topological polar surface area (TPSA) is 72.3 Å². The Morgan fingerprint density at radius 1 is 0.917 bits per heavy atom. The molecule has 0 aliphatic carbocycles. The van der Waals surface area contributed by atoms with E-state index in [0.717, 1.165) is 33.9 Å². The average Bonchev–Trinajstić information content (AvgIpc) is 2.58. The van der Waals surface area contributed by atoms with Crippen molar-refractivity contribution in [3.05, 3.63) is 66.2 Å². The van der Waals surface area contributed by atoms with E-state index in [2.05, 4.69) is 13.0 Å². The van der Waals surface area contributed by atoms with Crippen LogP contribution in [0.25, 0.3) is 21.9 Å². The Hall–Kier alpha value is -2.36. The summed E-state index contributed by atoms with van der Waals surface area (Å²) >= 11 is 0. The smallest absolute Gasteiger partial charge is 0.120 e. The van der Waals surface area contributed by atoms with Gasteiger partial charge in [-0.05, 0) is 34.4 Å². The first-order chi connectivity index (χ1) is 11.5. The van der Waals surface area contributed by atoms with Crippen molar-refractivity contribution in [3.63, 3.8) is 0 Å². The van der Waals surface area contributed by atoms with Crippen LogP contribution < -0.4 is 11.5 Å².